The molecule has 0 aromatic heterocycles. The van der Waals surface area contributed by atoms with Crippen molar-refractivity contribution in [1.82, 2.24) is 0 Å². The van der Waals surface area contributed by atoms with E-state index < -0.39 is 45.9 Å². The SMILES string of the molecule is NC(=O)C(O)C(O)c1cc([N+](=O)[O-])c(F)cc1F. The fraction of sp³-hybridized carbons (Fsp3) is 0.222. The zero-order valence-electron chi connectivity index (χ0n) is 8.71. The average molecular weight is 262 g/mol. The summed E-state index contributed by atoms with van der Waals surface area (Å²) in [6, 6.07) is 0.561. The first-order valence-corrected chi connectivity index (χ1v) is 4.54. The fourth-order valence-electron chi connectivity index (χ4n) is 1.25. The highest BCUT2D eigenvalue weighted by Crippen LogP contribution is 2.27. The molecule has 0 aliphatic rings. The van der Waals surface area contributed by atoms with Crippen LogP contribution < -0.4 is 5.73 Å². The Labute approximate surface area is 98.6 Å². The lowest BCUT2D eigenvalue weighted by Gasteiger charge is -2.15. The third-order valence-electron chi connectivity index (χ3n) is 2.17. The van der Waals surface area contributed by atoms with Gasteiger partial charge in [0.2, 0.25) is 11.7 Å². The molecular weight excluding hydrogens is 254 g/mol. The Morgan fingerprint density at radius 2 is 1.89 bits per heavy atom. The number of carbonyl (C=O) groups excluding carboxylic acids is 1. The van der Waals surface area contributed by atoms with Crippen LogP contribution in [0.1, 0.15) is 11.7 Å². The van der Waals surface area contributed by atoms with E-state index >= 15 is 0 Å². The molecule has 1 amide bonds. The zero-order chi connectivity index (χ0) is 14.0. The number of carbonyl (C=O) groups is 1. The van der Waals surface area contributed by atoms with Crippen molar-refractivity contribution in [2.75, 3.05) is 0 Å². The number of nitrogens with two attached hydrogens (primary N) is 1. The van der Waals surface area contributed by atoms with Crippen LogP contribution in [0.5, 0.6) is 0 Å². The first-order chi connectivity index (χ1) is 8.25. The number of nitro groups is 1. The molecule has 0 saturated heterocycles. The van der Waals surface area contributed by atoms with Gasteiger partial charge in [0, 0.05) is 17.7 Å². The summed E-state index contributed by atoms with van der Waals surface area (Å²) in [5.74, 6) is -4.14. The second kappa shape index (κ2) is 5.02. The second-order valence-corrected chi connectivity index (χ2v) is 3.37. The van der Waals surface area contributed by atoms with E-state index in [1.165, 1.54) is 0 Å². The third kappa shape index (κ3) is 2.57. The topological polar surface area (TPSA) is 127 Å². The van der Waals surface area contributed by atoms with Crippen molar-refractivity contribution >= 4 is 11.6 Å². The molecule has 18 heavy (non-hydrogen) atoms. The first kappa shape index (κ1) is 13.9. The number of hydrogen-bond acceptors (Lipinski definition) is 5. The highest BCUT2D eigenvalue weighted by Gasteiger charge is 2.29. The number of halogens is 2. The van der Waals surface area contributed by atoms with Crippen LogP contribution in [0.3, 0.4) is 0 Å². The molecule has 4 N–H and O–H groups in total. The van der Waals surface area contributed by atoms with Gasteiger partial charge in [-0.15, -0.1) is 0 Å². The molecule has 2 atom stereocenters. The summed E-state index contributed by atoms with van der Waals surface area (Å²) in [4.78, 5) is 19.9. The Kier molecular flexibility index (Phi) is 3.89. The van der Waals surface area contributed by atoms with Gasteiger partial charge in [0.05, 0.1) is 4.92 Å². The molecule has 1 aromatic carbocycles. The van der Waals surface area contributed by atoms with Crippen molar-refractivity contribution in [2.24, 2.45) is 5.73 Å². The molecule has 0 fully saturated rings. The van der Waals surface area contributed by atoms with Gasteiger partial charge in [-0.05, 0) is 0 Å². The van der Waals surface area contributed by atoms with Crippen molar-refractivity contribution < 1.29 is 28.7 Å². The van der Waals surface area contributed by atoms with Crippen molar-refractivity contribution in [2.45, 2.75) is 12.2 Å². The molecular formula is C9H8F2N2O5. The molecule has 98 valence electrons. The summed E-state index contributed by atoms with van der Waals surface area (Å²) < 4.78 is 26.3. The molecule has 0 saturated carbocycles. The number of benzene rings is 1. The highest BCUT2D eigenvalue weighted by molar-refractivity contribution is 5.79. The van der Waals surface area contributed by atoms with Gasteiger partial charge in [0.1, 0.15) is 11.9 Å². The van der Waals surface area contributed by atoms with Gasteiger partial charge in [0.25, 0.3) is 0 Å². The minimum Gasteiger partial charge on any atom is -0.385 e. The standard InChI is InChI=1S/C9H8F2N2O5/c10-4-2-5(11)6(13(17)18)1-3(4)7(14)8(15)9(12)16/h1-2,7-8,14-15H,(H2,12,16). The molecule has 0 radical (unpaired) electrons. The van der Waals surface area contributed by atoms with E-state index in [1.54, 1.807) is 0 Å². The number of hydrogen-bond donors (Lipinski definition) is 3. The van der Waals surface area contributed by atoms with Crippen LogP contribution in [0, 0.1) is 21.7 Å². The molecule has 0 aliphatic heterocycles. The van der Waals surface area contributed by atoms with Crippen LogP contribution in [0.4, 0.5) is 14.5 Å². The van der Waals surface area contributed by atoms with Gasteiger partial charge in [-0.2, -0.15) is 4.39 Å². The smallest absolute Gasteiger partial charge is 0.305 e. The Morgan fingerprint density at radius 3 is 2.33 bits per heavy atom. The summed E-state index contributed by atoms with van der Waals surface area (Å²) >= 11 is 0. The van der Waals surface area contributed by atoms with E-state index in [0.29, 0.717) is 6.07 Å². The Morgan fingerprint density at radius 1 is 1.33 bits per heavy atom. The summed E-state index contributed by atoms with van der Waals surface area (Å²) in [5.41, 5.74) is 2.78. The van der Waals surface area contributed by atoms with Crippen molar-refractivity contribution in [3.8, 4) is 0 Å². The van der Waals surface area contributed by atoms with Crippen LogP contribution in [0.2, 0.25) is 0 Å². The lowest BCUT2D eigenvalue weighted by molar-refractivity contribution is -0.387. The highest BCUT2D eigenvalue weighted by atomic mass is 19.1. The minimum atomic E-state index is -2.16. The summed E-state index contributed by atoms with van der Waals surface area (Å²) in [6.07, 6.45) is -4.29. The number of nitro benzene ring substituents is 1. The molecule has 0 bridgehead atoms. The fourth-order valence-corrected chi connectivity index (χ4v) is 1.25. The lowest BCUT2D eigenvalue weighted by Crippen LogP contribution is -2.34. The van der Waals surface area contributed by atoms with Crippen LogP contribution in [0.15, 0.2) is 12.1 Å². The molecule has 1 rings (SSSR count). The number of nitrogens with zero attached hydrogens (tertiary/aromatic N) is 1. The van der Waals surface area contributed by atoms with Crippen molar-refractivity contribution in [3.05, 3.63) is 39.4 Å². The number of rotatable bonds is 4. The Balaban J connectivity index is 3.28. The van der Waals surface area contributed by atoms with E-state index in [-0.39, 0.29) is 6.07 Å². The summed E-state index contributed by atoms with van der Waals surface area (Å²) in [6.45, 7) is 0. The predicted molar refractivity (Wildman–Crippen MR) is 53.2 cm³/mol. The zero-order valence-corrected chi connectivity index (χ0v) is 8.71. The van der Waals surface area contributed by atoms with Crippen LogP contribution in [-0.4, -0.2) is 27.1 Å². The molecule has 1 aromatic rings. The first-order valence-electron chi connectivity index (χ1n) is 4.54. The number of primary amides is 1. The average Bonchev–Trinajstić information content (AvgIpc) is 2.26. The van der Waals surface area contributed by atoms with Gasteiger partial charge >= 0.3 is 5.69 Å². The predicted octanol–water partition coefficient (Wildman–Crippen LogP) is -0.247. The Bertz CT molecular complexity index is 508. The maximum atomic E-state index is 13.3. The number of amides is 1. The van der Waals surface area contributed by atoms with Gasteiger partial charge < -0.3 is 15.9 Å². The maximum Gasteiger partial charge on any atom is 0.305 e. The van der Waals surface area contributed by atoms with Crippen molar-refractivity contribution in [3.63, 3.8) is 0 Å². The van der Waals surface area contributed by atoms with Crippen LogP contribution >= 0.6 is 0 Å². The monoisotopic (exact) mass is 262 g/mol. The molecule has 0 aliphatic carbocycles. The molecule has 2 unspecified atom stereocenters. The second-order valence-electron chi connectivity index (χ2n) is 3.37. The largest absolute Gasteiger partial charge is 0.385 e. The van der Waals surface area contributed by atoms with E-state index in [9.17, 15) is 28.8 Å². The van der Waals surface area contributed by atoms with Crippen molar-refractivity contribution in [1.29, 1.82) is 0 Å². The van der Waals surface area contributed by atoms with Crippen LogP contribution in [-0.2, 0) is 4.79 Å². The van der Waals surface area contributed by atoms with E-state index in [2.05, 4.69) is 5.73 Å². The van der Waals surface area contributed by atoms with Gasteiger partial charge in [-0.3, -0.25) is 14.9 Å². The quantitative estimate of drug-likeness (QED) is 0.509. The van der Waals surface area contributed by atoms with E-state index in [1.807, 2.05) is 0 Å². The lowest BCUT2D eigenvalue weighted by atomic mass is 10.0. The minimum absolute atomic E-state index is 0.171. The van der Waals surface area contributed by atoms with E-state index in [4.69, 9.17) is 5.11 Å². The summed E-state index contributed by atoms with van der Waals surface area (Å²) in [7, 11) is 0. The summed E-state index contributed by atoms with van der Waals surface area (Å²) in [5, 5.41) is 28.9. The van der Waals surface area contributed by atoms with E-state index in [0.717, 1.165) is 0 Å². The van der Waals surface area contributed by atoms with Crippen LogP contribution in [0.25, 0.3) is 0 Å². The third-order valence-corrected chi connectivity index (χ3v) is 2.17. The Hall–Kier alpha value is -2.13. The molecule has 0 heterocycles. The molecule has 9 heteroatoms. The molecule has 7 nitrogen and oxygen atoms in total. The number of aliphatic hydroxyl groups excluding tert-OH is 2. The normalized spacial score (nSPS) is 14.0. The maximum absolute atomic E-state index is 13.3. The van der Waals surface area contributed by atoms with Gasteiger partial charge in [-0.25, -0.2) is 4.39 Å². The number of aliphatic hydroxyl groups is 2. The van der Waals surface area contributed by atoms with Gasteiger partial charge in [-0.1, -0.05) is 0 Å². The molecule has 0 spiro atoms. The van der Waals surface area contributed by atoms with Gasteiger partial charge in [0.15, 0.2) is 6.10 Å².